The van der Waals surface area contributed by atoms with E-state index in [1.54, 1.807) is 11.8 Å². The second kappa shape index (κ2) is 7.96. The maximum atomic E-state index is 10.7. The number of hydrogen-bond donors (Lipinski definition) is 1. The van der Waals surface area contributed by atoms with Gasteiger partial charge in [0.25, 0.3) is 0 Å². The first-order valence-corrected chi connectivity index (χ1v) is 7.85. The van der Waals surface area contributed by atoms with Crippen LogP contribution in [0.4, 0.5) is 0 Å². The summed E-state index contributed by atoms with van der Waals surface area (Å²) in [7, 11) is -2.80. The van der Waals surface area contributed by atoms with E-state index in [9.17, 15) is 8.42 Å². The van der Waals surface area contributed by atoms with Gasteiger partial charge in [0.1, 0.15) is 9.84 Å². The molecule has 0 aromatic carbocycles. The van der Waals surface area contributed by atoms with Gasteiger partial charge in [0.05, 0.1) is 19.0 Å². The van der Waals surface area contributed by atoms with E-state index in [4.69, 9.17) is 4.74 Å². The van der Waals surface area contributed by atoms with Crippen LogP contribution in [0.15, 0.2) is 0 Å². The highest BCUT2D eigenvalue weighted by Crippen LogP contribution is 2.00. The van der Waals surface area contributed by atoms with Crippen molar-refractivity contribution < 1.29 is 13.2 Å². The topological polar surface area (TPSA) is 43.4 Å². The second-order valence-electron chi connectivity index (χ2n) is 2.58. The molecule has 13 heavy (non-hydrogen) atoms. The third-order valence-corrected chi connectivity index (χ3v) is 3.54. The Morgan fingerprint density at radius 3 is 2.54 bits per heavy atom. The van der Waals surface area contributed by atoms with Gasteiger partial charge in [-0.2, -0.15) is 24.4 Å². The molecule has 0 saturated carbocycles. The van der Waals surface area contributed by atoms with Crippen LogP contribution < -0.4 is 0 Å². The van der Waals surface area contributed by atoms with Crippen molar-refractivity contribution in [2.75, 3.05) is 42.5 Å². The summed E-state index contributed by atoms with van der Waals surface area (Å²) in [5.74, 6) is 2.49. The van der Waals surface area contributed by atoms with E-state index in [-0.39, 0.29) is 5.75 Å². The molecule has 0 unspecified atom stereocenters. The number of thiol groups is 1. The summed E-state index contributed by atoms with van der Waals surface area (Å²) >= 11 is 5.59. The minimum Gasteiger partial charge on any atom is -0.380 e. The summed E-state index contributed by atoms with van der Waals surface area (Å²) in [6, 6.07) is 0. The molecule has 0 bridgehead atoms. The van der Waals surface area contributed by atoms with Gasteiger partial charge in [0, 0.05) is 23.5 Å². The van der Waals surface area contributed by atoms with E-state index in [0.29, 0.717) is 19.0 Å². The van der Waals surface area contributed by atoms with Crippen molar-refractivity contribution in [2.24, 2.45) is 0 Å². The number of ether oxygens (including phenoxy) is 1. The summed E-state index contributed by atoms with van der Waals surface area (Å²) in [5.41, 5.74) is 0. The number of hydrogen-bond acceptors (Lipinski definition) is 5. The summed E-state index contributed by atoms with van der Waals surface area (Å²) in [4.78, 5) is 0. The molecule has 0 fully saturated rings. The van der Waals surface area contributed by atoms with Gasteiger partial charge in [-0.25, -0.2) is 8.42 Å². The summed E-state index contributed by atoms with van der Waals surface area (Å²) in [6.07, 6.45) is 1.25. The van der Waals surface area contributed by atoms with Gasteiger partial charge in [0.2, 0.25) is 0 Å². The first-order chi connectivity index (χ1) is 6.06. The summed E-state index contributed by atoms with van der Waals surface area (Å²) in [5, 5.41) is 0. The minimum atomic E-state index is -2.80. The van der Waals surface area contributed by atoms with E-state index in [2.05, 4.69) is 12.6 Å². The standard InChI is InChI=1S/C7H16O3S3/c1-13(8,9)7-6-12-5-3-10-2-4-11/h11H,2-7H2,1H3. The Labute approximate surface area is 89.9 Å². The lowest BCUT2D eigenvalue weighted by Gasteiger charge is -2.01. The predicted octanol–water partition coefficient (Wildman–Crippen LogP) is 0.711. The molecule has 0 aromatic heterocycles. The van der Waals surface area contributed by atoms with Crippen LogP contribution in [0.1, 0.15) is 0 Å². The lowest BCUT2D eigenvalue weighted by Crippen LogP contribution is -2.07. The first-order valence-electron chi connectivity index (χ1n) is 4.00. The fourth-order valence-corrected chi connectivity index (χ4v) is 2.85. The SMILES string of the molecule is CS(=O)(=O)CCSCCOCCS. The van der Waals surface area contributed by atoms with E-state index in [1.807, 2.05) is 0 Å². The summed E-state index contributed by atoms with van der Waals surface area (Å²) < 4.78 is 26.6. The van der Waals surface area contributed by atoms with Crippen molar-refractivity contribution in [1.82, 2.24) is 0 Å². The Balaban J connectivity index is 3.09. The van der Waals surface area contributed by atoms with Gasteiger partial charge in [-0.1, -0.05) is 0 Å². The number of rotatable bonds is 8. The molecule has 0 aromatic rings. The number of sulfone groups is 1. The van der Waals surface area contributed by atoms with Gasteiger partial charge in [0.15, 0.2) is 0 Å². The third kappa shape index (κ3) is 12.6. The molecule has 0 spiro atoms. The van der Waals surface area contributed by atoms with Crippen molar-refractivity contribution >= 4 is 34.2 Å². The van der Waals surface area contributed by atoms with Crippen molar-refractivity contribution in [3.8, 4) is 0 Å². The Morgan fingerprint density at radius 2 is 2.00 bits per heavy atom. The largest absolute Gasteiger partial charge is 0.380 e. The molecule has 0 aliphatic rings. The molecule has 0 aliphatic heterocycles. The molecular formula is C7H16O3S3. The lowest BCUT2D eigenvalue weighted by molar-refractivity contribution is 0.167. The van der Waals surface area contributed by atoms with E-state index >= 15 is 0 Å². The highest BCUT2D eigenvalue weighted by molar-refractivity contribution is 8.00. The molecule has 0 radical (unpaired) electrons. The molecule has 0 amide bonds. The Bertz CT molecular complexity index is 201. The van der Waals surface area contributed by atoms with E-state index < -0.39 is 9.84 Å². The Hall–Kier alpha value is 0.610. The first kappa shape index (κ1) is 13.6. The van der Waals surface area contributed by atoms with Crippen molar-refractivity contribution in [3.63, 3.8) is 0 Å². The highest BCUT2D eigenvalue weighted by Gasteiger charge is 2.00. The molecule has 6 heteroatoms. The molecular weight excluding hydrogens is 228 g/mol. The molecule has 0 rings (SSSR count). The van der Waals surface area contributed by atoms with Crippen molar-refractivity contribution in [2.45, 2.75) is 0 Å². The average molecular weight is 244 g/mol. The van der Waals surface area contributed by atoms with Crippen LogP contribution >= 0.6 is 24.4 Å². The molecule has 0 heterocycles. The monoisotopic (exact) mass is 244 g/mol. The lowest BCUT2D eigenvalue weighted by atomic mass is 10.8. The molecule has 80 valence electrons. The van der Waals surface area contributed by atoms with E-state index in [1.165, 1.54) is 6.26 Å². The van der Waals surface area contributed by atoms with Gasteiger partial charge in [-0.15, -0.1) is 0 Å². The van der Waals surface area contributed by atoms with Crippen LogP contribution in [0.5, 0.6) is 0 Å². The van der Waals surface area contributed by atoms with Crippen LogP contribution in [-0.2, 0) is 14.6 Å². The highest BCUT2D eigenvalue weighted by atomic mass is 32.2. The van der Waals surface area contributed by atoms with E-state index in [0.717, 1.165) is 11.5 Å². The van der Waals surface area contributed by atoms with Crippen LogP contribution in [0.2, 0.25) is 0 Å². The average Bonchev–Trinajstić information content (AvgIpc) is 2.01. The smallest absolute Gasteiger partial charge is 0.148 e. The number of thioether (sulfide) groups is 1. The predicted molar refractivity (Wildman–Crippen MR) is 61.7 cm³/mol. The maximum absolute atomic E-state index is 10.7. The molecule has 3 nitrogen and oxygen atoms in total. The zero-order chi connectivity index (χ0) is 10.2. The van der Waals surface area contributed by atoms with Crippen LogP contribution in [0.25, 0.3) is 0 Å². The zero-order valence-electron chi connectivity index (χ0n) is 7.73. The minimum absolute atomic E-state index is 0.254. The quantitative estimate of drug-likeness (QED) is 0.504. The van der Waals surface area contributed by atoms with Crippen molar-refractivity contribution in [3.05, 3.63) is 0 Å². The fourth-order valence-electron chi connectivity index (χ4n) is 0.597. The van der Waals surface area contributed by atoms with Gasteiger partial charge in [-0.05, 0) is 0 Å². The molecule has 0 saturated heterocycles. The van der Waals surface area contributed by atoms with Crippen LogP contribution in [0.3, 0.4) is 0 Å². The van der Waals surface area contributed by atoms with Gasteiger partial charge < -0.3 is 4.74 Å². The third-order valence-electron chi connectivity index (χ3n) is 1.21. The second-order valence-corrected chi connectivity index (χ2v) is 6.51. The van der Waals surface area contributed by atoms with Crippen LogP contribution in [-0.4, -0.2) is 50.9 Å². The van der Waals surface area contributed by atoms with Gasteiger partial charge >= 0.3 is 0 Å². The fraction of sp³-hybridized carbons (Fsp3) is 1.00. The normalized spacial score (nSPS) is 11.8. The summed E-state index contributed by atoms with van der Waals surface area (Å²) in [6.45, 7) is 1.34. The zero-order valence-corrected chi connectivity index (χ0v) is 10.3. The molecule has 0 N–H and O–H groups in total. The van der Waals surface area contributed by atoms with Crippen LogP contribution in [0, 0.1) is 0 Å². The maximum Gasteiger partial charge on any atom is 0.148 e. The van der Waals surface area contributed by atoms with Gasteiger partial charge in [-0.3, -0.25) is 0 Å². The molecule has 0 aliphatic carbocycles. The molecule has 0 atom stereocenters. The Morgan fingerprint density at radius 1 is 1.31 bits per heavy atom. The Kier molecular flexibility index (Phi) is 8.34. The van der Waals surface area contributed by atoms with Crippen molar-refractivity contribution in [1.29, 1.82) is 0 Å².